The van der Waals surface area contributed by atoms with Crippen LogP contribution < -0.4 is 15.3 Å². The van der Waals surface area contributed by atoms with Crippen molar-refractivity contribution in [2.45, 2.75) is 19.4 Å². The average molecular weight is 323 g/mol. The number of nitrogens with zero attached hydrogens (tertiary/aromatic N) is 2. The first-order chi connectivity index (χ1) is 11.7. The highest BCUT2D eigenvalue weighted by Gasteiger charge is 2.20. The number of hydrogen-bond donors (Lipinski definition) is 2. The zero-order chi connectivity index (χ0) is 16.8. The number of rotatable bonds is 5. The Hall–Kier alpha value is -3.15. The van der Waals surface area contributed by atoms with Gasteiger partial charge in [-0.2, -0.15) is 0 Å². The van der Waals surface area contributed by atoms with E-state index in [2.05, 4.69) is 28.0 Å². The Bertz CT molecular complexity index is 787. The molecule has 2 aromatic carbocycles. The normalized spacial score (nSPS) is 11.7. The van der Waals surface area contributed by atoms with E-state index in [1.54, 1.807) is 10.9 Å². The van der Waals surface area contributed by atoms with Gasteiger partial charge in [0.1, 0.15) is 0 Å². The van der Waals surface area contributed by atoms with E-state index >= 15 is 0 Å². The molecule has 1 atom stereocenters. The Morgan fingerprint density at radius 2 is 1.75 bits per heavy atom. The number of anilines is 2. The summed E-state index contributed by atoms with van der Waals surface area (Å²) in [5.74, 6) is 0.295. The summed E-state index contributed by atoms with van der Waals surface area (Å²) in [5, 5.41) is 9.32. The van der Waals surface area contributed by atoms with Crippen LogP contribution in [-0.4, -0.2) is 11.3 Å². The van der Waals surface area contributed by atoms with Crippen molar-refractivity contribution in [1.29, 1.82) is 0 Å². The second kappa shape index (κ2) is 7.41. The average Bonchev–Trinajstić information content (AvgIpc) is 3.05. The molecule has 2 N–H and O–H groups in total. The molecule has 122 valence electrons. The second-order valence-corrected chi connectivity index (χ2v) is 5.53. The van der Waals surface area contributed by atoms with Crippen LogP contribution in [0.25, 0.3) is 0 Å². The Kier molecular flexibility index (Phi) is 4.86. The van der Waals surface area contributed by atoms with Gasteiger partial charge >= 0.3 is 11.9 Å². The van der Waals surface area contributed by atoms with Crippen molar-refractivity contribution in [3.05, 3.63) is 72.4 Å². The topological polar surface area (TPSA) is 71.0 Å². The highest BCUT2D eigenvalue weighted by Crippen LogP contribution is 2.10. The summed E-state index contributed by atoms with van der Waals surface area (Å²) in [5.41, 5.74) is 1.93. The maximum Gasteiger partial charge on any atom is 0.326 e. The maximum atomic E-state index is 11.9. The Labute approximate surface area is 140 Å². The first-order valence-corrected chi connectivity index (χ1v) is 7.76. The first kappa shape index (κ1) is 15.7. The molecule has 2 amide bonds. The van der Waals surface area contributed by atoms with Gasteiger partial charge in [0.25, 0.3) is 6.20 Å². The number of carbonyl (C=O) groups is 1. The van der Waals surface area contributed by atoms with Gasteiger partial charge in [-0.3, -0.25) is 9.84 Å². The van der Waals surface area contributed by atoms with Crippen molar-refractivity contribution >= 4 is 17.6 Å². The smallest absolute Gasteiger partial charge is 0.308 e. The van der Waals surface area contributed by atoms with Gasteiger partial charge in [-0.25, -0.2) is 4.79 Å². The molecule has 0 aliphatic carbocycles. The van der Waals surface area contributed by atoms with Gasteiger partial charge in [-0.1, -0.05) is 48.5 Å². The third-order valence-corrected chi connectivity index (χ3v) is 3.58. The molecule has 0 radical (unpaired) electrons. The molecule has 0 saturated heterocycles. The molecule has 1 aromatic heterocycles. The molecule has 3 rings (SSSR count). The molecule has 0 unspecified atom stereocenters. The van der Waals surface area contributed by atoms with Crippen LogP contribution in [0.5, 0.6) is 0 Å². The van der Waals surface area contributed by atoms with Crippen LogP contribution in [0.3, 0.4) is 0 Å². The second-order valence-electron chi connectivity index (χ2n) is 5.53. The van der Waals surface area contributed by atoms with Gasteiger partial charge in [0.2, 0.25) is 5.27 Å². The Balaban J connectivity index is 1.58. The summed E-state index contributed by atoms with van der Waals surface area (Å²) in [6.07, 6.45) is 2.51. The number of amides is 2. The number of urea groups is 1. The number of para-hydroxylation sites is 1. The largest absolute Gasteiger partial charge is 0.326 e. The third-order valence-electron chi connectivity index (χ3n) is 3.58. The summed E-state index contributed by atoms with van der Waals surface area (Å²) in [6, 6.07) is 19.1. The first-order valence-electron chi connectivity index (χ1n) is 7.76. The van der Waals surface area contributed by atoms with Crippen LogP contribution in [0.4, 0.5) is 16.4 Å². The molecular formula is C18H19N4O2+. The van der Waals surface area contributed by atoms with E-state index in [4.69, 9.17) is 4.52 Å². The van der Waals surface area contributed by atoms with Crippen molar-refractivity contribution < 1.29 is 14.0 Å². The molecule has 0 saturated carbocycles. The highest BCUT2D eigenvalue weighted by atomic mass is 16.5. The van der Waals surface area contributed by atoms with E-state index in [0.717, 1.165) is 6.42 Å². The van der Waals surface area contributed by atoms with Crippen molar-refractivity contribution in [2.75, 3.05) is 10.6 Å². The van der Waals surface area contributed by atoms with E-state index in [1.165, 1.54) is 5.56 Å². The zero-order valence-corrected chi connectivity index (χ0v) is 13.3. The quantitative estimate of drug-likeness (QED) is 0.707. The minimum atomic E-state index is -0.375. The number of benzene rings is 2. The van der Waals surface area contributed by atoms with Gasteiger partial charge < -0.3 is 5.32 Å². The fourth-order valence-electron chi connectivity index (χ4n) is 2.37. The summed E-state index contributed by atoms with van der Waals surface area (Å²) < 4.78 is 6.87. The lowest BCUT2D eigenvalue weighted by atomic mass is 10.1. The molecule has 0 spiro atoms. The fraction of sp³-hybridized carbons (Fsp3) is 0.167. The molecule has 1 heterocycles. The summed E-state index contributed by atoms with van der Waals surface area (Å²) in [4.78, 5) is 11.9. The molecule has 6 nitrogen and oxygen atoms in total. The van der Waals surface area contributed by atoms with Crippen molar-refractivity contribution in [3.63, 3.8) is 0 Å². The van der Waals surface area contributed by atoms with Crippen LogP contribution in [0.1, 0.15) is 18.5 Å². The predicted octanol–water partition coefficient (Wildman–Crippen LogP) is 3.41. The lowest BCUT2D eigenvalue weighted by Gasteiger charge is -2.03. The lowest BCUT2D eigenvalue weighted by Crippen LogP contribution is -2.40. The summed E-state index contributed by atoms with van der Waals surface area (Å²) in [6.45, 7) is 2.04. The number of nitrogens with one attached hydrogen (secondary N) is 2. The monoisotopic (exact) mass is 323 g/mol. The van der Waals surface area contributed by atoms with Crippen molar-refractivity contribution in [1.82, 2.24) is 5.27 Å². The number of carbonyl (C=O) groups excluding carboxylic acids is 1. The molecule has 0 fully saturated rings. The fourth-order valence-corrected chi connectivity index (χ4v) is 2.37. The van der Waals surface area contributed by atoms with E-state index in [1.807, 2.05) is 55.5 Å². The molecule has 6 heteroatoms. The highest BCUT2D eigenvalue weighted by molar-refractivity contribution is 5.98. The van der Waals surface area contributed by atoms with Crippen molar-refractivity contribution in [2.24, 2.45) is 0 Å². The number of hydrogen-bond acceptors (Lipinski definition) is 3. The molecule has 0 bridgehead atoms. The summed E-state index contributed by atoms with van der Waals surface area (Å²) in [7, 11) is 0. The minimum absolute atomic E-state index is 0.115. The predicted molar refractivity (Wildman–Crippen MR) is 90.6 cm³/mol. The van der Waals surface area contributed by atoms with Crippen LogP contribution >= 0.6 is 0 Å². The Morgan fingerprint density at radius 3 is 2.46 bits per heavy atom. The minimum Gasteiger partial charge on any atom is -0.308 e. The molecule has 24 heavy (non-hydrogen) atoms. The van der Waals surface area contributed by atoms with Crippen LogP contribution in [-0.2, 0) is 6.42 Å². The summed E-state index contributed by atoms with van der Waals surface area (Å²) >= 11 is 0. The third kappa shape index (κ3) is 4.19. The van der Waals surface area contributed by atoms with Crippen LogP contribution in [0.15, 0.2) is 71.4 Å². The van der Waals surface area contributed by atoms with Gasteiger partial charge in [-0.05, 0) is 22.4 Å². The Morgan fingerprint density at radius 1 is 1.08 bits per heavy atom. The van der Waals surface area contributed by atoms with Gasteiger partial charge in [0.05, 0.1) is 0 Å². The van der Waals surface area contributed by atoms with E-state index in [9.17, 15) is 4.79 Å². The standard InChI is InChI=1S/C18H18N4O2/c1-14(12-15-8-4-2-5-9-15)22-13-17(24-21-22)20-18(23)19-16-10-6-3-7-11-16/h2-11,13-14H,12H2,1H3,(H-,19,20,21,23)/p+1/t14-/m0/s1. The van der Waals surface area contributed by atoms with Gasteiger partial charge in [-0.15, -0.1) is 0 Å². The SMILES string of the molecule is C[C@@H](Cc1ccccc1)[n+]1cc(NC(=O)Nc2ccccc2)on1. The molecular weight excluding hydrogens is 304 g/mol. The number of aromatic nitrogens is 2. The van der Waals surface area contributed by atoms with Crippen LogP contribution in [0.2, 0.25) is 0 Å². The molecule has 0 aliphatic heterocycles. The van der Waals surface area contributed by atoms with Crippen LogP contribution in [0, 0.1) is 0 Å². The van der Waals surface area contributed by atoms with E-state index in [-0.39, 0.29) is 12.1 Å². The van der Waals surface area contributed by atoms with Gasteiger partial charge in [0, 0.05) is 19.0 Å². The molecule has 0 aliphatic rings. The van der Waals surface area contributed by atoms with E-state index < -0.39 is 0 Å². The molecule has 3 aromatic rings. The zero-order valence-electron chi connectivity index (χ0n) is 13.3. The lowest BCUT2D eigenvalue weighted by molar-refractivity contribution is -0.782. The van der Waals surface area contributed by atoms with Crippen molar-refractivity contribution in [3.8, 4) is 0 Å². The van der Waals surface area contributed by atoms with Gasteiger partial charge in [0.15, 0.2) is 6.04 Å². The van der Waals surface area contributed by atoms with E-state index in [0.29, 0.717) is 11.6 Å². The maximum absolute atomic E-state index is 11.9.